The standard InChI is InChI=1S/C16H28N2OS2/c1-6-18(7-2)11-9-8-10-17(5)13-12(16(3,4)21)14(19)15(13)20/h21H,6-11H2,1-5H3. The second-order valence-electron chi connectivity index (χ2n) is 6.10. The lowest BCUT2D eigenvalue weighted by atomic mass is 9.94. The maximum Gasteiger partial charge on any atom is 0.205 e. The van der Waals surface area contributed by atoms with Crippen molar-refractivity contribution in [2.24, 2.45) is 0 Å². The first-order valence-electron chi connectivity index (χ1n) is 7.73. The van der Waals surface area contributed by atoms with Crippen molar-refractivity contribution in [3.63, 3.8) is 0 Å². The van der Waals surface area contributed by atoms with E-state index in [1.165, 1.54) is 6.42 Å². The zero-order valence-electron chi connectivity index (χ0n) is 13.9. The van der Waals surface area contributed by atoms with Gasteiger partial charge in [-0.2, -0.15) is 12.6 Å². The van der Waals surface area contributed by atoms with Gasteiger partial charge in [0.1, 0.15) is 4.51 Å². The fourth-order valence-electron chi connectivity index (χ4n) is 2.65. The summed E-state index contributed by atoms with van der Waals surface area (Å²) in [7, 11) is 2.02. The van der Waals surface area contributed by atoms with Gasteiger partial charge in [0.2, 0.25) is 5.43 Å². The molecular weight excluding hydrogens is 300 g/mol. The van der Waals surface area contributed by atoms with Gasteiger partial charge in [-0.3, -0.25) is 4.79 Å². The van der Waals surface area contributed by atoms with Gasteiger partial charge in [0.15, 0.2) is 0 Å². The van der Waals surface area contributed by atoms with Crippen LogP contribution in [0, 0.1) is 4.51 Å². The Balaban J connectivity index is 2.58. The van der Waals surface area contributed by atoms with Crippen LogP contribution in [-0.4, -0.2) is 38.1 Å². The van der Waals surface area contributed by atoms with E-state index < -0.39 is 4.75 Å². The zero-order valence-corrected chi connectivity index (χ0v) is 15.6. The molecule has 0 N–H and O–H groups in total. The van der Waals surface area contributed by atoms with Gasteiger partial charge in [-0.25, -0.2) is 0 Å². The molecule has 0 bridgehead atoms. The van der Waals surface area contributed by atoms with Gasteiger partial charge in [-0.05, 0) is 46.3 Å². The smallest absolute Gasteiger partial charge is 0.205 e. The van der Waals surface area contributed by atoms with Crippen molar-refractivity contribution in [3.05, 3.63) is 20.3 Å². The molecule has 1 aromatic rings. The molecule has 0 amide bonds. The first kappa shape index (κ1) is 18.7. The number of unbranched alkanes of at least 4 members (excludes halogenated alkanes) is 1. The van der Waals surface area contributed by atoms with Crippen molar-refractivity contribution in [2.45, 2.75) is 45.3 Å². The van der Waals surface area contributed by atoms with Crippen LogP contribution in [0.25, 0.3) is 0 Å². The Kier molecular flexibility index (Phi) is 6.88. The number of rotatable bonds is 9. The Morgan fingerprint density at radius 1 is 1.14 bits per heavy atom. The van der Waals surface area contributed by atoms with Gasteiger partial charge in [0.25, 0.3) is 0 Å². The Morgan fingerprint density at radius 3 is 2.14 bits per heavy atom. The molecule has 0 unspecified atom stereocenters. The van der Waals surface area contributed by atoms with Crippen LogP contribution in [0.3, 0.4) is 0 Å². The summed E-state index contributed by atoms with van der Waals surface area (Å²) >= 11 is 9.74. The molecule has 0 aliphatic rings. The molecule has 0 aromatic heterocycles. The molecular formula is C16H28N2OS2. The molecule has 0 aliphatic heterocycles. The summed E-state index contributed by atoms with van der Waals surface area (Å²) in [5, 5.41) is 0. The molecule has 5 heteroatoms. The maximum absolute atomic E-state index is 11.9. The molecule has 0 saturated carbocycles. The Hall–Kier alpha value is -0.390. The van der Waals surface area contributed by atoms with Gasteiger partial charge in [0.05, 0.1) is 5.69 Å². The maximum atomic E-state index is 11.9. The summed E-state index contributed by atoms with van der Waals surface area (Å²) < 4.78 is 0.0443. The van der Waals surface area contributed by atoms with Crippen LogP contribution < -0.4 is 10.3 Å². The van der Waals surface area contributed by atoms with Crippen LogP contribution in [0.4, 0.5) is 5.69 Å². The van der Waals surface area contributed by atoms with Crippen molar-refractivity contribution in [2.75, 3.05) is 38.1 Å². The van der Waals surface area contributed by atoms with E-state index in [4.69, 9.17) is 12.2 Å². The molecule has 0 aliphatic carbocycles. The molecule has 0 saturated heterocycles. The van der Waals surface area contributed by atoms with E-state index in [2.05, 4.69) is 36.3 Å². The molecule has 0 radical (unpaired) electrons. The van der Waals surface area contributed by atoms with Crippen LogP contribution in [0.2, 0.25) is 0 Å². The lowest BCUT2D eigenvalue weighted by Crippen LogP contribution is -2.34. The summed E-state index contributed by atoms with van der Waals surface area (Å²) in [6.45, 7) is 12.5. The highest BCUT2D eigenvalue weighted by atomic mass is 32.1. The molecule has 0 spiro atoms. The highest BCUT2D eigenvalue weighted by Crippen LogP contribution is 2.35. The third-order valence-electron chi connectivity index (χ3n) is 3.99. The Bertz CT molecular complexity index is 523. The normalized spacial score (nSPS) is 12.3. The van der Waals surface area contributed by atoms with E-state index in [9.17, 15) is 4.79 Å². The minimum atomic E-state index is -0.426. The monoisotopic (exact) mass is 328 g/mol. The SMILES string of the molecule is CCN(CC)CCCCN(C)c1c(C(C)(C)S)c(=O)c1=S. The summed E-state index contributed by atoms with van der Waals surface area (Å²) in [4.78, 5) is 16.5. The summed E-state index contributed by atoms with van der Waals surface area (Å²) in [5.74, 6) is 0. The fourth-order valence-corrected chi connectivity index (χ4v) is 3.21. The number of hydrogen-bond acceptors (Lipinski definition) is 5. The first-order chi connectivity index (χ1) is 9.73. The second-order valence-corrected chi connectivity index (χ2v) is 7.62. The van der Waals surface area contributed by atoms with Crippen LogP contribution in [0.1, 0.15) is 46.1 Å². The highest BCUT2D eigenvalue weighted by Gasteiger charge is 2.30. The number of thiol groups is 1. The topological polar surface area (TPSA) is 23.6 Å². The summed E-state index contributed by atoms with van der Waals surface area (Å²) in [6.07, 6.45) is 2.27. The molecule has 3 nitrogen and oxygen atoms in total. The van der Waals surface area contributed by atoms with E-state index in [-0.39, 0.29) is 5.43 Å². The van der Waals surface area contributed by atoms with Crippen molar-refractivity contribution in [1.29, 1.82) is 0 Å². The summed E-state index contributed by atoms with van der Waals surface area (Å²) in [5.41, 5.74) is 1.69. The lowest BCUT2D eigenvalue weighted by Gasteiger charge is -2.30. The van der Waals surface area contributed by atoms with Crippen molar-refractivity contribution >= 4 is 30.5 Å². The van der Waals surface area contributed by atoms with Gasteiger partial charge < -0.3 is 9.80 Å². The molecule has 21 heavy (non-hydrogen) atoms. The average molecular weight is 329 g/mol. The van der Waals surface area contributed by atoms with E-state index in [1.807, 2.05) is 20.9 Å². The predicted octanol–water partition coefficient (Wildman–Crippen LogP) is 3.37. The van der Waals surface area contributed by atoms with Crippen molar-refractivity contribution in [1.82, 2.24) is 4.90 Å². The molecule has 1 rings (SSSR count). The molecule has 120 valence electrons. The first-order valence-corrected chi connectivity index (χ1v) is 8.59. The fraction of sp³-hybridized carbons (Fsp3) is 0.750. The minimum absolute atomic E-state index is 0.00464. The number of anilines is 1. The van der Waals surface area contributed by atoms with Crippen LogP contribution >= 0.6 is 24.8 Å². The zero-order chi connectivity index (χ0) is 16.2. The second kappa shape index (κ2) is 7.75. The minimum Gasteiger partial charge on any atom is -0.373 e. The van der Waals surface area contributed by atoms with Crippen molar-refractivity contribution < 1.29 is 0 Å². The molecule has 0 heterocycles. The van der Waals surface area contributed by atoms with Crippen LogP contribution in [0.15, 0.2) is 4.79 Å². The third-order valence-corrected chi connectivity index (χ3v) is 4.59. The molecule has 0 fully saturated rings. The van der Waals surface area contributed by atoms with E-state index in [0.29, 0.717) is 4.51 Å². The molecule has 1 aromatic carbocycles. The molecule has 0 atom stereocenters. The quantitative estimate of drug-likeness (QED) is 0.426. The van der Waals surface area contributed by atoms with Gasteiger partial charge in [0, 0.05) is 23.9 Å². The predicted molar refractivity (Wildman–Crippen MR) is 98.2 cm³/mol. The van der Waals surface area contributed by atoms with Crippen LogP contribution in [0.5, 0.6) is 0 Å². The van der Waals surface area contributed by atoms with Gasteiger partial charge in [-0.15, -0.1) is 0 Å². The van der Waals surface area contributed by atoms with Crippen LogP contribution in [-0.2, 0) is 4.75 Å². The number of nitrogens with zero attached hydrogens (tertiary/aromatic N) is 2. The Labute approximate surface area is 139 Å². The summed E-state index contributed by atoms with van der Waals surface area (Å²) in [6, 6.07) is 0. The van der Waals surface area contributed by atoms with E-state index in [0.717, 1.165) is 43.9 Å². The Morgan fingerprint density at radius 2 is 1.67 bits per heavy atom. The van der Waals surface area contributed by atoms with E-state index >= 15 is 0 Å². The van der Waals surface area contributed by atoms with Crippen molar-refractivity contribution in [3.8, 4) is 0 Å². The largest absolute Gasteiger partial charge is 0.373 e. The lowest BCUT2D eigenvalue weighted by molar-refractivity contribution is 0.297. The third kappa shape index (κ3) is 4.54. The van der Waals surface area contributed by atoms with Gasteiger partial charge >= 0.3 is 0 Å². The van der Waals surface area contributed by atoms with Gasteiger partial charge in [-0.1, -0.05) is 26.1 Å². The number of hydrogen-bond donors (Lipinski definition) is 1. The van der Waals surface area contributed by atoms with E-state index in [1.54, 1.807) is 0 Å². The average Bonchev–Trinajstić information content (AvgIpc) is 2.42. The highest BCUT2D eigenvalue weighted by molar-refractivity contribution is 7.81.